The maximum atomic E-state index is 10.8. The maximum Gasteiger partial charge on any atom is 0.321 e. The van der Waals surface area contributed by atoms with Crippen LogP contribution in [0.4, 0.5) is 0 Å². The van der Waals surface area contributed by atoms with Crippen LogP contribution in [-0.2, 0) is 14.4 Å². The van der Waals surface area contributed by atoms with Gasteiger partial charge in [-0.05, 0) is 12.8 Å². The van der Waals surface area contributed by atoms with Gasteiger partial charge >= 0.3 is 17.9 Å². The Balaban J connectivity index is 3.14. The van der Waals surface area contributed by atoms with Crippen molar-refractivity contribution >= 4 is 17.9 Å². The summed E-state index contributed by atoms with van der Waals surface area (Å²) < 4.78 is 0. The van der Waals surface area contributed by atoms with Gasteiger partial charge in [0.05, 0.1) is 5.92 Å². The van der Waals surface area contributed by atoms with Gasteiger partial charge in [-0.1, -0.05) is 6.42 Å². The lowest BCUT2D eigenvalue weighted by molar-refractivity contribution is -0.173. The van der Waals surface area contributed by atoms with Crippen molar-refractivity contribution in [3.63, 3.8) is 0 Å². The predicted octanol–water partition coefficient (Wildman–Crippen LogP) is 0.0267. The van der Waals surface area contributed by atoms with Crippen LogP contribution in [0.15, 0.2) is 0 Å². The fourth-order valence-electron chi connectivity index (χ4n) is 1.94. The molecule has 1 aliphatic rings. The second-order valence-corrected chi connectivity index (χ2v) is 3.36. The van der Waals surface area contributed by atoms with Crippen molar-refractivity contribution < 1.29 is 29.7 Å². The molecule has 0 heterocycles. The molecule has 1 atom stereocenters. The van der Waals surface area contributed by atoms with Gasteiger partial charge in [0.1, 0.15) is 0 Å². The van der Waals surface area contributed by atoms with Crippen LogP contribution in [0.5, 0.6) is 0 Å². The molecule has 6 heteroatoms. The first-order valence-corrected chi connectivity index (χ1v) is 4.12. The summed E-state index contributed by atoms with van der Waals surface area (Å²) in [7, 11) is 0. The highest BCUT2D eigenvalue weighted by atomic mass is 16.4. The third kappa shape index (κ3) is 1.23. The highest BCUT2D eigenvalue weighted by Crippen LogP contribution is 2.44. The van der Waals surface area contributed by atoms with Crippen LogP contribution < -0.4 is 0 Å². The van der Waals surface area contributed by atoms with Gasteiger partial charge in [0, 0.05) is 0 Å². The molecule has 0 spiro atoms. The van der Waals surface area contributed by atoms with E-state index in [2.05, 4.69) is 0 Å². The largest absolute Gasteiger partial charge is 0.481 e. The summed E-state index contributed by atoms with van der Waals surface area (Å²) in [4.78, 5) is 32.4. The van der Waals surface area contributed by atoms with Gasteiger partial charge < -0.3 is 15.3 Å². The van der Waals surface area contributed by atoms with E-state index in [1.807, 2.05) is 0 Å². The van der Waals surface area contributed by atoms with E-state index in [4.69, 9.17) is 15.3 Å². The molecule has 0 bridgehead atoms. The molecule has 78 valence electrons. The van der Waals surface area contributed by atoms with Gasteiger partial charge in [0.25, 0.3) is 0 Å². The van der Waals surface area contributed by atoms with E-state index < -0.39 is 29.2 Å². The maximum absolute atomic E-state index is 10.8. The van der Waals surface area contributed by atoms with Gasteiger partial charge in [-0.15, -0.1) is 0 Å². The second kappa shape index (κ2) is 3.28. The summed E-state index contributed by atoms with van der Waals surface area (Å²) >= 11 is 0. The minimum absolute atomic E-state index is 0.105. The van der Waals surface area contributed by atoms with Crippen LogP contribution in [-0.4, -0.2) is 33.2 Å². The van der Waals surface area contributed by atoms with Gasteiger partial charge in [-0.25, -0.2) is 0 Å². The molecule has 0 aromatic carbocycles. The molecule has 1 fully saturated rings. The van der Waals surface area contributed by atoms with Gasteiger partial charge in [-0.3, -0.25) is 14.4 Å². The number of rotatable bonds is 3. The van der Waals surface area contributed by atoms with Crippen molar-refractivity contribution in [3.05, 3.63) is 0 Å². The van der Waals surface area contributed by atoms with Crippen molar-refractivity contribution in [2.45, 2.75) is 19.3 Å². The lowest BCUT2D eigenvalue weighted by Crippen LogP contribution is -2.45. The topological polar surface area (TPSA) is 112 Å². The molecule has 0 amide bonds. The van der Waals surface area contributed by atoms with Gasteiger partial charge in [0.15, 0.2) is 5.41 Å². The number of carboxylic acids is 3. The Kier molecular flexibility index (Phi) is 2.46. The molecule has 0 aliphatic heterocycles. The van der Waals surface area contributed by atoms with Crippen molar-refractivity contribution in [2.24, 2.45) is 11.3 Å². The predicted molar refractivity (Wildman–Crippen MR) is 42.7 cm³/mol. The quantitative estimate of drug-likeness (QED) is 0.556. The lowest BCUT2D eigenvalue weighted by Gasteiger charge is -2.23. The van der Waals surface area contributed by atoms with Crippen molar-refractivity contribution in [3.8, 4) is 0 Å². The number of carbonyl (C=O) groups is 3. The fourth-order valence-corrected chi connectivity index (χ4v) is 1.94. The van der Waals surface area contributed by atoms with Crippen LogP contribution in [0.25, 0.3) is 0 Å². The first kappa shape index (κ1) is 10.5. The smallest absolute Gasteiger partial charge is 0.321 e. The average molecular weight is 202 g/mol. The monoisotopic (exact) mass is 202 g/mol. The number of carboxylic acid groups (broad SMARTS) is 3. The molecule has 0 aromatic heterocycles. The van der Waals surface area contributed by atoms with E-state index >= 15 is 0 Å². The molecule has 3 N–H and O–H groups in total. The summed E-state index contributed by atoms with van der Waals surface area (Å²) in [6, 6.07) is 0. The molecule has 6 nitrogen and oxygen atoms in total. The Hall–Kier alpha value is -1.59. The summed E-state index contributed by atoms with van der Waals surface area (Å²) in [6.45, 7) is 0. The third-order valence-electron chi connectivity index (χ3n) is 2.72. The SMILES string of the molecule is O=C(O)C1CCCC1(C(=O)O)C(=O)O. The minimum Gasteiger partial charge on any atom is -0.481 e. The molecule has 1 saturated carbocycles. The van der Waals surface area contributed by atoms with Crippen LogP contribution in [0, 0.1) is 11.3 Å². The molecule has 1 unspecified atom stereocenters. The zero-order chi connectivity index (χ0) is 10.9. The Morgan fingerprint density at radius 1 is 1.07 bits per heavy atom. The number of hydrogen-bond donors (Lipinski definition) is 3. The lowest BCUT2D eigenvalue weighted by atomic mass is 9.78. The van der Waals surface area contributed by atoms with E-state index in [1.54, 1.807) is 0 Å². The van der Waals surface area contributed by atoms with Crippen molar-refractivity contribution in [1.29, 1.82) is 0 Å². The average Bonchev–Trinajstić information content (AvgIpc) is 2.47. The summed E-state index contributed by atoms with van der Waals surface area (Å²) in [5.41, 5.74) is -2.13. The van der Waals surface area contributed by atoms with E-state index in [0.717, 1.165) is 0 Å². The van der Waals surface area contributed by atoms with Crippen molar-refractivity contribution in [2.75, 3.05) is 0 Å². The van der Waals surface area contributed by atoms with Crippen LogP contribution in [0.2, 0.25) is 0 Å². The standard InChI is InChI=1S/C8H10O6/c9-5(10)4-2-1-3-8(4,6(11)12)7(13)14/h4H,1-3H2,(H,9,10)(H,11,12)(H,13,14). The summed E-state index contributed by atoms with van der Waals surface area (Å²) in [6.07, 6.45) is 0.304. The third-order valence-corrected chi connectivity index (χ3v) is 2.72. The molecule has 0 saturated heterocycles. The number of aliphatic carboxylic acids is 3. The summed E-state index contributed by atoms with van der Waals surface area (Å²) in [5.74, 6) is -5.80. The Morgan fingerprint density at radius 3 is 1.86 bits per heavy atom. The molecule has 0 aromatic rings. The first-order chi connectivity index (χ1) is 6.43. The molecule has 14 heavy (non-hydrogen) atoms. The highest BCUT2D eigenvalue weighted by molar-refractivity contribution is 6.02. The molecule has 1 aliphatic carbocycles. The van der Waals surface area contributed by atoms with Crippen LogP contribution in [0.3, 0.4) is 0 Å². The minimum atomic E-state index is -2.13. The Bertz CT molecular complexity index is 280. The zero-order valence-corrected chi connectivity index (χ0v) is 7.27. The molecule has 0 radical (unpaired) electrons. The van der Waals surface area contributed by atoms with E-state index in [9.17, 15) is 14.4 Å². The number of hydrogen-bond acceptors (Lipinski definition) is 3. The normalized spacial score (nSPS) is 24.4. The molecular formula is C8H10O6. The highest BCUT2D eigenvalue weighted by Gasteiger charge is 2.58. The van der Waals surface area contributed by atoms with Crippen LogP contribution >= 0.6 is 0 Å². The second-order valence-electron chi connectivity index (χ2n) is 3.36. The van der Waals surface area contributed by atoms with E-state index in [1.165, 1.54) is 0 Å². The first-order valence-electron chi connectivity index (χ1n) is 4.12. The summed E-state index contributed by atoms with van der Waals surface area (Å²) in [5, 5.41) is 26.3. The Morgan fingerprint density at radius 2 is 1.57 bits per heavy atom. The van der Waals surface area contributed by atoms with E-state index in [-0.39, 0.29) is 12.8 Å². The Labute approximate surface area is 79.2 Å². The van der Waals surface area contributed by atoms with Gasteiger partial charge in [0.2, 0.25) is 0 Å². The fraction of sp³-hybridized carbons (Fsp3) is 0.625. The molecular weight excluding hydrogens is 192 g/mol. The van der Waals surface area contributed by atoms with Gasteiger partial charge in [-0.2, -0.15) is 0 Å². The van der Waals surface area contributed by atoms with Crippen molar-refractivity contribution in [1.82, 2.24) is 0 Å². The molecule has 1 rings (SSSR count). The van der Waals surface area contributed by atoms with E-state index in [0.29, 0.717) is 6.42 Å². The van der Waals surface area contributed by atoms with Crippen LogP contribution in [0.1, 0.15) is 19.3 Å². The zero-order valence-electron chi connectivity index (χ0n) is 7.27.